The molecule has 0 radical (unpaired) electrons. The summed E-state index contributed by atoms with van der Waals surface area (Å²) in [6, 6.07) is 0.306. The molecule has 5 heteroatoms. The minimum atomic E-state index is -0.432. The molecule has 0 bridgehead atoms. The zero-order valence-corrected chi connectivity index (χ0v) is 14.0. The van der Waals surface area contributed by atoms with Crippen LogP contribution in [0.5, 0.6) is 0 Å². The minimum Gasteiger partial charge on any atom is -0.444 e. The predicted octanol–water partition coefficient (Wildman–Crippen LogP) is 1.88. The van der Waals surface area contributed by atoms with Crippen LogP contribution < -0.4 is 0 Å². The molecule has 1 amide bonds. The summed E-state index contributed by atoms with van der Waals surface area (Å²) in [6.07, 6.45) is 1.89. The Morgan fingerprint density at radius 3 is 2.20 bits per heavy atom. The summed E-state index contributed by atoms with van der Waals surface area (Å²) in [6.45, 7) is 9.46. The monoisotopic (exact) mass is 285 g/mol. The summed E-state index contributed by atoms with van der Waals surface area (Å²) >= 11 is 0. The highest BCUT2D eigenvalue weighted by Gasteiger charge is 2.30. The fourth-order valence-corrected chi connectivity index (χ4v) is 2.36. The van der Waals surface area contributed by atoms with Crippen LogP contribution in [-0.4, -0.2) is 79.8 Å². The second-order valence-corrected chi connectivity index (χ2v) is 7.01. The van der Waals surface area contributed by atoms with Gasteiger partial charge in [-0.25, -0.2) is 4.79 Å². The maximum atomic E-state index is 12.4. The second-order valence-electron chi connectivity index (χ2n) is 7.01. The van der Waals surface area contributed by atoms with Gasteiger partial charge in [0.05, 0.1) is 0 Å². The molecule has 0 unspecified atom stereocenters. The quantitative estimate of drug-likeness (QED) is 0.790. The molecule has 0 aromatic heterocycles. The third-order valence-electron chi connectivity index (χ3n) is 3.54. The van der Waals surface area contributed by atoms with E-state index in [1.807, 2.05) is 39.8 Å². The van der Waals surface area contributed by atoms with Crippen LogP contribution in [0.15, 0.2) is 0 Å². The first-order valence-electron chi connectivity index (χ1n) is 7.52. The highest BCUT2D eigenvalue weighted by Crippen LogP contribution is 2.19. The van der Waals surface area contributed by atoms with Crippen molar-refractivity contribution in [2.45, 2.75) is 45.3 Å². The normalized spacial score (nSPS) is 18.4. The van der Waals surface area contributed by atoms with E-state index in [-0.39, 0.29) is 6.09 Å². The molecule has 0 aliphatic carbocycles. The van der Waals surface area contributed by atoms with E-state index in [9.17, 15) is 4.79 Å². The van der Waals surface area contributed by atoms with Crippen LogP contribution in [-0.2, 0) is 4.74 Å². The van der Waals surface area contributed by atoms with Gasteiger partial charge in [-0.15, -0.1) is 0 Å². The van der Waals surface area contributed by atoms with Crippen molar-refractivity contribution in [2.75, 3.05) is 47.3 Å². The zero-order valence-electron chi connectivity index (χ0n) is 14.0. The Hall–Kier alpha value is -0.810. The largest absolute Gasteiger partial charge is 0.444 e. The SMILES string of the molecule is CN(C)CCN(C(=O)OC(C)(C)C)C1CCN(C)CC1. The van der Waals surface area contributed by atoms with E-state index in [1.165, 1.54) is 0 Å². The number of carbonyl (C=O) groups excluding carboxylic acids is 1. The number of likely N-dealkylation sites (N-methyl/N-ethyl adjacent to an activating group) is 1. The van der Waals surface area contributed by atoms with Gasteiger partial charge in [-0.05, 0) is 67.8 Å². The Bertz CT molecular complexity index is 305. The summed E-state index contributed by atoms with van der Waals surface area (Å²) in [4.78, 5) is 18.8. The van der Waals surface area contributed by atoms with E-state index in [4.69, 9.17) is 4.74 Å². The highest BCUT2D eigenvalue weighted by atomic mass is 16.6. The van der Waals surface area contributed by atoms with E-state index in [1.54, 1.807) is 0 Å². The van der Waals surface area contributed by atoms with Crippen LogP contribution in [0.3, 0.4) is 0 Å². The first kappa shape index (κ1) is 17.2. The van der Waals surface area contributed by atoms with Gasteiger partial charge in [0.25, 0.3) is 0 Å². The average molecular weight is 285 g/mol. The Balaban J connectivity index is 2.66. The number of likely N-dealkylation sites (tertiary alicyclic amines) is 1. The van der Waals surface area contributed by atoms with E-state index < -0.39 is 5.60 Å². The molecule has 1 saturated heterocycles. The van der Waals surface area contributed by atoms with Gasteiger partial charge < -0.3 is 19.4 Å². The van der Waals surface area contributed by atoms with Gasteiger partial charge in [0.15, 0.2) is 0 Å². The van der Waals surface area contributed by atoms with E-state index >= 15 is 0 Å². The van der Waals surface area contributed by atoms with Gasteiger partial charge in [-0.1, -0.05) is 0 Å². The van der Waals surface area contributed by atoms with Crippen molar-refractivity contribution in [3.05, 3.63) is 0 Å². The Kier molecular flexibility index (Phi) is 6.27. The predicted molar refractivity (Wildman–Crippen MR) is 82.0 cm³/mol. The van der Waals surface area contributed by atoms with Gasteiger partial charge in [0.1, 0.15) is 5.60 Å². The smallest absolute Gasteiger partial charge is 0.410 e. The number of nitrogens with zero attached hydrogens (tertiary/aromatic N) is 3. The van der Waals surface area contributed by atoms with Crippen molar-refractivity contribution >= 4 is 6.09 Å². The third kappa shape index (κ3) is 6.09. The summed E-state index contributed by atoms with van der Waals surface area (Å²) < 4.78 is 5.57. The van der Waals surface area contributed by atoms with Crippen molar-refractivity contribution in [3.63, 3.8) is 0 Å². The number of amides is 1. The molecule has 0 aromatic rings. The molecular formula is C15H31N3O2. The molecule has 1 aliphatic heterocycles. The highest BCUT2D eigenvalue weighted by molar-refractivity contribution is 5.68. The van der Waals surface area contributed by atoms with Crippen molar-refractivity contribution in [1.82, 2.24) is 14.7 Å². The van der Waals surface area contributed by atoms with Crippen LogP contribution in [0, 0.1) is 0 Å². The molecule has 0 N–H and O–H groups in total. The van der Waals surface area contributed by atoms with Crippen LogP contribution in [0.2, 0.25) is 0 Å². The van der Waals surface area contributed by atoms with Gasteiger partial charge in [-0.3, -0.25) is 0 Å². The molecule has 0 atom stereocenters. The zero-order chi connectivity index (χ0) is 15.3. The lowest BCUT2D eigenvalue weighted by molar-refractivity contribution is 0.00797. The molecule has 0 aromatic carbocycles. The Morgan fingerprint density at radius 1 is 1.20 bits per heavy atom. The summed E-state index contributed by atoms with van der Waals surface area (Å²) in [5, 5.41) is 0. The van der Waals surface area contributed by atoms with Crippen LogP contribution in [0.1, 0.15) is 33.6 Å². The van der Waals surface area contributed by atoms with Crippen molar-refractivity contribution in [3.8, 4) is 0 Å². The molecule has 1 fully saturated rings. The molecule has 20 heavy (non-hydrogen) atoms. The van der Waals surface area contributed by atoms with Crippen LogP contribution >= 0.6 is 0 Å². The summed E-state index contributed by atoms with van der Waals surface area (Å²) in [7, 11) is 6.19. The van der Waals surface area contributed by atoms with Crippen LogP contribution in [0.25, 0.3) is 0 Å². The lowest BCUT2D eigenvalue weighted by Crippen LogP contribution is -2.50. The molecule has 0 spiro atoms. The first-order chi connectivity index (χ1) is 9.19. The number of carbonyl (C=O) groups is 1. The maximum Gasteiger partial charge on any atom is 0.410 e. The maximum absolute atomic E-state index is 12.4. The molecule has 0 saturated carbocycles. The topological polar surface area (TPSA) is 36.0 Å². The molecule has 1 heterocycles. The number of ether oxygens (including phenoxy) is 1. The number of rotatable bonds is 4. The van der Waals surface area contributed by atoms with Gasteiger partial charge in [0.2, 0.25) is 0 Å². The lowest BCUT2D eigenvalue weighted by atomic mass is 10.0. The molecule has 1 rings (SSSR count). The molecule has 1 aliphatic rings. The summed E-state index contributed by atoms with van der Waals surface area (Å²) in [5.41, 5.74) is -0.432. The van der Waals surface area contributed by atoms with Gasteiger partial charge in [-0.2, -0.15) is 0 Å². The van der Waals surface area contributed by atoms with E-state index in [2.05, 4.69) is 16.8 Å². The standard InChI is InChI=1S/C15H31N3O2/c1-15(2,3)20-14(19)18(12-11-16(4)5)13-7-9-17(6)10-8-13/h13H,7-12H2,1-6H3. The summed E-state index contributed by atoms with van der Waals surface area (Å²) in [5.74, 6) is 0. The molecular weight excluding hydrogens is 254 g/mol. The van der Waals surface area contributed by atoms with Gasteiger partial charge in [0, 0.05) is 19.1 Å². The van der Waals surface area contributed by atoms with E-state index in [0.717, 1.165) is 39.0 Å². The molecule has 5 nitrogen and oxygen atoms in total. The lowest BCUT2D eigenvalue weighted by Gasteiger charge is -2.38. The minimum absolute atomic E-state index is 0.172. The first-order valence-corrected chi connectivity index (χ1v) is 7.52. The number of hydrogen-bond acceptors (Lipinski definition) is 4. The van der Waals surface area contributed by atoms with Gasteiger partial charge >= 0.3 is 6.09 Å². The average Bonchev–Trinajstić information content (AvgIpc) is 2.29. The van der Waals surface area contributed by atoms with Crippen LogP contribution in [0.4, 0.5) is 4.79 Å². The van der Waals surface area contributed by atoms with Crippen molar-refractivity contribution in [2.24, 2.45) is 0 Å². The fraction of sp³-hybridized carbons (Fsp3) is 0.933. The third-order valence-corrected chi connectivity index (χ3v) is 3.54. The van der Waals surface area contributed by atoms with Crippen molar-refractivity contribution in [1.29, 1.82) is 0 Å². The number of piperidine rings is 1. The number of hydrogen-bond donors (Lipinski definition) is 0. The Labute approximate surface area is 123 Å². The fourth-order valence-electron chi connectivity index (χ4n) is 2.36. The van der Waals surface area contributed by atoms with Crippen molar-refractivity contribution < 1.29 is 9.53 Å². The molecule has 118 valence electrons. The Morgan fingerprint density at radius 2 is 1.75 bits per heavy atom. The second kappa shape index (κ2) is 7.27. The van der Waals surface area contributed by atoms with E-state index in [0.29, 0.717) is 6.04 Å².